The van der Waals surface area contributed by atoms with E-state index in [9.17, 15) is 0 Å². The molecule has 120 valence electrons. The van der Waals surface area contributed by atoms with Crippen molar-refractivity contribution in [3.05, 3.63) is 78.2 Å². The highest BCUT2D eigenvalue weighted by molar-refractivity contribution is 7.99. The Labute approximate surface area is 143 Å². The monoisotopic (exact) mass is 350 g/mol. The summed E-state index contributed by atoms with van der Waals surface area (Å²) in [6.45, 7) is 0. The van der Waals surface area contributed by atoms with Crippen LogP contribution < -0.4 is 0 Å². The fourth-order valence-electron chi connectivity index (χ4n) is 1.85. The van der Waals surface area contributed by atoms with Crippen molar-refractivity contribution in [2.24, 2.45) is 20.5 Å². The third kappa shape index (κ3) is 4.06. The number of benzene rings is 2. The number of azide groups is 4. The first-order valence-corrected chi connectivity index (χ1v) is 7.21. The number of hydrogen-bond donors (Lipinski definition) is 0. The minimum absolute atomic E-state index is 0.133. The molecule has 0 atom stereocenters. The van der Waals surface area contributed by atoms with Crippen LogP contribution in [0.25, 0.3) is 41.8 Å². The lowest BCUT2D eigenvalue weighted by molar-refractivity contribution is 1.28. The maximum atomic E-state index is 8.75. The smallest absolute Gasteiger partial charge is 0.0610 e. The van der Waals surface area contributed by atoms with Crippen LogP contribution in [0.3, 0.4) is 0 Å². The summed E-state index contributed by atoms with van der Waals surface area (Å²) < 4.78 is 0. The summed E-state index contributed by atoms with van der Waals surface area (Å²) in [5.74, 6) is 0. The van der Waals surface area contributed by atoms with E-state index >= 15 is 0 Å². The first-order chi connectivity index (χ1) is 12.2. The second kappa shape index (κ2) is 8.61. The van der Waals surface area contributed by atoms with Crippen LogP contribution in [0.15, 0.2) is 66.6 Å². The maximum absolute atomic E-state index is 8.75. The van der Waals surface area contributed by atoms with Gasteiger partial charge in [0.15, 0.2) is 0 Å². The van der Waals surface area contributed by atoms with Crippen LogP contribution >= 0.6 is 11.8 Å². The van der Waals surface area contributed by atoms with Gasteiger partial charge in [-0.05, 0) is 34.3 Å². The first kappa shape index (κ1) is 17.4. The zero-order chi connectivity index (χ0) is 18.1. The van der Waals surface area contributed by atoms with E-state index in [0.29, 0.717) is 9.79 Å². The molecule has 2 rings (SSSR count). The van der Waals surface area contributed by atoms with E-state index in [1.807, 2.05) is 0 Å². The van der Waals surface area contributed by atoms with E-state index < -0.39 is 0 Å². The summed E-state index contributed by atoms with van der Waals surface area (Å²) in [6.07, 6.45) is 0. The molecular weight excluding hydrogens is 344 g/mol. The molecule has 25 heavy (non-hydrogen) atoms. The van der Waals surface area contributed by atoms with Gasteiger partial charge in [-0.15, -0.1) is 0 Å². The van der Waals surface area contributed by atoms with E-state index in [-0.39, 0.29) is 22.7 Å². The normalized spacial score (nSPS) is 8.96. The Bertz CT molecular complexity index is 923. The van der Waals surface area contributed by atoms with Gasteiger partial charge in [0.25, 0.3) is 0 Å². The first-order valence-electron chi connectivity index (χ1n) is 6.39. The minimum Gasteiger partial charge on any atom is -0.0891 e. The predicted molar refractivity (Wildman–Crippen MR) is 92.2 cm³/mol. The third-order valence-electron chi connectivity index (χ3n) is 2.77. The van der Waals surface area contributed by atoms with Crippen LogP contribution in [0.1, 0.15) is 0 Å². The van der Waals surface area contributed by atoms with Crippen LogP contribution in [-0.2, 0) is 0 Å². The lowest BCUT2D eigenvalue weighted by Gasteiger charge is -2.10. The molecule has 0 saturated carbocycles. The summed E-state index contributed by atoms with van der Waals surface area (Å²) in [6, 6.07) is 9.52. The van der Waals surface area contributed by atoms with Crippen molar-refractivity contribution in [3.8, 4) is 0 Å². The van der Waals surface area contributed by atoms with Crippen LogP contribution in [0.2, 0.25) is 0 Å². The summed E-state index contributed by atoms with van der Waals surface area (Å²) in [4.78, 5) is 11.8. The predicted octanol–water partition coefficient (Wildman–Crippen LogP) is 7.61. The summed E-state index contributed by atoms with van der Waals surface area (Å²) in [7, 11) is 0. The molecule has 0 amide bonds. The summed E-state index contributed by atoms with van der Waals surface area (Å²) in [5.41, 5.74) is 35.3. The van der Waals surface area contributed by atoms with E-state index in [1.54, 1.807) is 24.3 Å². The second-order valence-electron chi connectivity index (χ2n) is 4.11. The molecule has 12 nitrogen and oxygen atoms in total. The molecule has 13 heteroatoms. The van der Waals surface area contributed by atoms with E-state index in [4.69, 9.17) is 22.1 Å². The van der Waals surface area contributed by atoms with Crippen molar-refractivity contribution in [1.29, 1.82) is 0 Å². The molecule has 0 radical (unpaired) electrons. The fraction of sp³-hybridized carbons (Fsp3) is 0. The van der Waals surface area contributed by atoms with Gasteiger partial charge in [-0.25, -0.2) is 0 Å². The lowest BCUT2D eigenvalue weighted by atomic mass is 10.3. The lowest BCUT2D eigenvalue weighted by Crippen LogP contribution is -1.78. The third-order valence-corrected chi connectivity index (χ3v) is 3.87. The van der Waals surface area contributed by atoms with Crippen LogP contribution in [0, 0.1) is 0 Å². The Morgan fingerprint density at radius 1 is 0.600 bits per heavy atom. The Kier molecular flexibility index (Phi) is 5.99. The van der Waals surface area contributed by atoms with Gasteiger partial charge in [0.1, 0.15) is 0 Å². The Morgan fingerprint density at radius 3 is 1.36 bits per heavy atom. The molecule has 0 N–H and O–H groups in total. The second-order valence-corrected chi connectivity index (χ2v) is 5.19. The van der Waals surface area contributed by atoms with Crippen LogP contribution in [0.4, 0.5) is 22.7 Å². The van der Waals surface area contributed by atoms with E-state index in [2.05, 4.69) is 40.1 Å². The van der Waals surface area contributed by atoms with Gasteiger partial charge in [0.2, 0.25) is 0 Å². The van der Waals surface area contributed by atoms with Crippen molar-refractivity contribution in [1.82, 2.24) is 0 Å². The number of hydrogen-bond acceptors (Lipinski definition) is 5. The molecule has 0 bridgehead atoms. The van der Waals surface area contributed by atoms with E-state index in [1.165, 1.54) is 12.1 Å². The highest BCUT2D eigenvalue weighted by Crippen LogP contribution is 2.46. The zero-order valence-corrected chi connectivity index (χ0v) is 13.1. The highest BCUT2D eigenvalue weighted by atomic mass is 32.2. The van der Waals surface area contributed by atoms with Gasteiger partial charge in [-0.1, -0.05) is 56.5 Å². The van der Waals surface area contributed by atoms with Gasteiger partial charge in [0, 0.05) is 40.8 Å². The molecule has 0 unspecified atom stereocenters. The average molecular weight is 350 g/mol. The molecule has 0 aromatic heterocycles. The molecule has 0 aliphatic rings. The molecule has 0 aliphatic heterocycles. The van der Waals surface area contributed by atoms with Crippen molar-refractivity contribution in [3.63, 3.8) is 0 Å². The van der Waals surface area contributed by atoms with Crippen LogP contribution in [0.5, 0.6) is 0 Å². The Hall–Kier alpha value is -3.97. The minimum atomic E-state index is 0.133. The largest absolute Gasteiger partial charge is 0.0891 e. The Balaban J connectivity index is 2.64. The molecule has 2 aromatic carbocycles. The SMILES string of the molecule is [N-]=[N+]=Nc1cccc(Sc2cccc(N=[N+]=[N-])c2N=[N+]=[N-])c1N=[N+]=[N-]. The molecule has 2 aromatic rings. The molecule has 0 saturated heterocycles. The molecule has 0 aliphatic carbocycles. The van der Waals surface area contributed by atoms with Crippen molar-refractivity contribution in [2.75, 3.05) is 0 Å². The van der Waals surface area contributed by atoms with Gasteiger partial charge >= 0.3 is 0 Å². The number of nitrogens with zero attached hydrogens (tertiary/aromatic N) is 12. The topological polar surface area (TPSA) is 195 Å². The van der Waals surface area contributed by atoms with Crippen molar-refractivity contribution < 1.29 is 0 Å². The van der Waals surface area contributed by atoms with E-state index in [0.717, 1.165) is 11.8 Å². The zero-order valence-electron chi connectivity index (χ0n) is 12.2. The van der Waals surface area contributed by atoms with Gasteiger partial charge in [-0.3, -0.25) is 0 Å². The Morgan fingerprint density at radius 2 is 1.00 bits per heavy atom. The molecular formula is C12H6N12S. The number of rotatable bonds is 6. The summed E-state index contributed by atoms with van der Waals surface area (Å²) in [5, 5.41) is 14.1. The molecule has 0 heterocycles. The average Bonchev–Trinajstić information content (AvgIpc) is 2.61. The standard InChI is InChI=1S/C12H6N12S/c13-21-17-7-3-1-5-9(11(7)19-23-15)25-10-6-2-4-8(18-22-14)12(10)20-24-16/h1-6H. The maximum Gasteiger partial charge on any atom is 0.0610 e. The summed E-state index contributed by atoms with van der Waals surface area (Å²) >= 11 is 1.10. The van der Waals surface area contributed by atoms with Crippen molar-refractivity contribution >= 4 is 34.5 Å². The van der Waals surface area contributed by atoms with Crippen molar-refractivity contribution in [2.45, 2.75) is 9.79 Å². The fourth-order valence-corrected chi connectivity index (χ4v) is 2.87. The molecule has 0 spiro atoms. The van der Waals surface area contributed by atoms with Gasteiger partial charge < -0.3 is 0 Å². The quantitative estimate of drug-likeness (QED) is 0.288. The van der Waals surface area contributed by atoms with Gasteiger partial charge in [-0.2, -0.15) is 0 Å². The molecule has 0 fully saturated rings. The highest BCUT2D eigenvalue weighted by Gasteiger charge is 2.12. The van der Waals surface area contributed by atoms with Crippen LogP contribution in [-0.4, -0.2) is 0 Å². The van der Waals surface area contributed by atoms with Gasteiger partial charge in [0.05, 0.1) is 11.4 Å².